The van der Waals surface area contributed by atoms with Gasteiger partial charge in [-0.2, -0.15) is 0 Å². The number of nitrogens with one attached hydrogen (secondary N) is 1. The first kappa shape index (κ1) is 17.6. The lowest BCUT2D eigenvalue weighted by Gasteiger charge is -2.21. The van der Waals surface area contributed by atoms with Crippen LogP contribution in [0.1, 0.15) is 41.6 Å². The predicted octanol–water partition coefficient (Wildman–Crippen LogP) is 4.03. The van der Waals surface area contributed by atoms with Crippen LogP contribution in [0.25, 0.3) is 0 Å². The number of ether oxygens (including phenoxy) is 1. The highest BCUT2D eigenvalue weighted by Gasteiger charge is 2.31. The van der Waals surface area contributed by atoms with E-state index < -0.39 is 0 Å². The van der Waals surface area contributed by atoms with Gasteiger partial charge in [0, 0.05) is 29.4 Å². The lowest BCUT2D eigenvalue weighted by molar-refractivity contribution is -0.122. The number of carbonyl (C=O) groups excluding carboxylic acids is 2. The van der Waals surface area contributed by atoms with E-state index in [0.29, 0.717) is 17.0 Å². The molecule has 27 heavy (non-hydrogen) atoms. The molecule has 1 aliphatic carbocycles. The maximum atomic E-state index is 12.9. The van der Waals surface area contributed by atoms with Gasteiger partial charge in [-0.1, -0.05) is 18.9 Å². The Morgan fingerprint density at radius 3 is 2.52 bits per heavy atom. The maximum Gasteiger partial charge on any atom is 0.255 e. The summed E-state index contributed by atoms with van der Waals surface area (Å²) in [6.07, 6.45) is 5.17. The average molecular weight is 364 g/mol. The van der Waals surface area contributed by atoms with Gasteiger partial charge in [-0.15, -0.1) is 0 Å². The number of anilines is 2. The summed E-state index contributed by atoms with van der Waals surface area (Å²) in [4.78, 5) is 27.3. The van der Waals surface area contributed by atoms with Crippen LogP contribution in [-0.2, 0) is 11.2 Å². The fourth-order valence-corrected chi connectivity index (χ4v) is 4.02. The second-order valence-corrected chi connectivity index (χ2v) is 7.25. The topological polar surface area (TPSA) is 58.6 Å². The minimum Gasteiger partial charge on any atom is -0.497 e. The number of hydrogen-bond donors (Lipinski definition) is 1. The standard InChI is InChI=1S/C22H24N2O3/c1-27-19-10-7-16(8-11-19)21(25)23-18-9-6-15-12-13-24(20(15)14-18)22(26)17-4-2-3-5-17/h6-11,14,17H,2-5,12-13H2,1H3,(H,23,25). The van der Waals surface area contributed by atoms with E-state index in [2.05, 4.69) is 5.32 Å². The van der Waals surface area contributed by atoms with Crippen LogP contribution < -0.4 is 15.0 Å². The number of nitrogens with zero attached hydrogens (tertiary/aromatic N) is 1. The van der Waals surface area contributed by atoms with Crippen molar-refractivity contribution in [2.24, 2.45) is 5.92 Å². The van der Waals surface area contributed by atoms with Crippen LogP contribution in [0.5, 0.6) is 5.75 Å². The second-order valence-electron chi connectivity index (χ2n) is 7.25. The van der Waals surface area contributed by atoms with Crippen molar-refractivity contribution in [2.75, 3.05) is 23.9 Å². The van der Waals surface area contributed by atoms with E-state index in [1.165, 1.54) is 5.56 Å². The Balaban J connectivity index is 1.51. The van der Waals surface area contributed by atoms with Crippen molar-refractivity contribution in [3.8, 4) is 5.75 Å². The first-order valence-electron chi connectivity index (χ1n) is 9.55. The third kappa shape index (κ3) is 3.54. The zero-order chi connectivity index (χ0) is 18.8. The lowest BCUT2D eigenvalue weighted by Crippen LogP contribution is -2.33. The van der Waals surface area contributed by atoms with Gasteiger partial charge in [0.1, 0.15) is 5.75 Å². The van der Waals surface area contributed by atoms with Crippen LogP contribution in [0.3, 0.4) is 0 Å². The minimum atomic E-state index is -0.177. The van der Waals surface area contributed by atoms with Crippen molar-refractivity contribution in [2.45, 2.75) is 32.1 Å². The molecule has 2 aromatic carbocycles. The third-order valence-corrected chi connectivity index (χ3v) is 5.56. The molecule has 0 saturated heterocycles. The smallest absolute Gasteiger partial charge is 0.255 e. The van der Waals surface area contributed by atoms with Crippen molar-refractivity contribution >= 4 is 23.2 Å². The van der Waals surface area contributed by atoms with E-state index in [1.54, 1.807) is 31.4 Å². The summed E-state index contributed by atoms with van der Waals surface area (Å²) in [6, 6.07) is 12.8. The summed E-state index contributed by atoms with van der Waals surface area (Å²) in [7, 11) is 1.60. The van der Waals surface area contributed by atoms with Crippen LogP contribution in [-0.4, -0.2) is 25.5 Å². The normalized spacial score (nSPS) is 16.3. The Bertz CT molecular complexity index is 854. The zero-order valence-electron chi connectivity index (χ0n) is 15.5. The second kappa shape index (κ2) is 7.43. The Morgan fingerprint density at radius 1 is 1.07 bits per heavy atom. The number of rotatable bonds is 4. The molecule has 0 atom stereocenters. The Kier molecular flexibility index (Phi) is 4.84. The quantitative estimate of drug-likeness (QED) is 0.891. The number of benzene rings is 2. The van der Waals surface area contributed by atoms with Gasteiger partial charge < -0.3 is 15.0 Å². The van der Waals surface area contributed by atoms with E-state index in [1.807, 2.05) is 23.1 Å². The zero-order valence-corrected chi connectivity index (χ0v) is 15.5. The molecule has 0 bridgehead atoms. The predicted molar refractivity (Wildman–Crippen MR) is 105 cm³/mol. The molecule has 0 unspecified atom stereocenters. The van der Waals surface area contributed by atoms with Crippen molar-refractivity contribution in [1.29, 1.82) is 0 Å². The molecule has 5 heteroatoms. The van der Waals surface area contributed by atoms with Crippen molar-refractivity contribution in [3.63, 3.8) is 0 Å². The molecule has 1 heterocycles. The summed E-state index contributed by atoms with van der Waals surface area (Å²) in [6.45, 7) is 0.737. The highest BCUT2D eigenvalue weighted by Crippen LogP contribution is 2.35. The van der Waals surface area contributed by atoms with Crippen molar-refractivity contribution < 1.29 is 14.3 Å². The van der Waals surface area contributed by atoms with Crippen LogP contribution in [0.4, 0.5) is 11.4 Å². The van der Waals surface area contributed by atoms with E-state index in [0.717, 1.165) is 44.3 Å². The Morgan fingerprint density at radius 2 is 1.81 bits per heavy atom. The molecule has 4 rings (SSSR count). The molecule has 2 aromatic rings. The van der Waals surface area contributed by atoms with Gasteiger partial charge in [0.15, 0.2) is 0 Å². The van der Waals surface area contributed by atoms with E-state index in [9.17, 15) is 9.59 Å². The summed E-state index contributed by atoms with van der Waals surface area (Å²) >= 11 is 0. The number of amides is 2. The number of methoxy groups -OCH3 is 1. The summed E-state index contributed by atoms with van der Waals surface area (Å²) in [5.74, 6) is 0.938. The summed E-state index contributed by atoms with van der Waals surface area (Å²) < 4.78 is 5.12. The summed E-state index contributed by atoms with van der Waals surface area (Å²) in [5, 5.41) is 2.94. The fourth-order valence-electron chi connectivity index (χ4n) is 4.02. The monoisotopic (exact) mass is 364 g/mol. The minimum absolute atomic E-state index is 0.161. The van der Waals surface area contributed by atoms with Gasteiger partial charge in [0.05, 0.1) is 7.11 Å². The lowest BCUT2D eigenvalue weighted by atomic mass is 10.1. The molecule has 140 valence electrons. The van der Waals surface area contributed by atoms with Crippen LogP contribution >= 0.6 is 0 Å². The van der Waals surface area contributed by atoms with Crippen LogP contribution in [0.15, 0.2) is 42.5 Å². The van der Waals surface area contributed by atoms with Gasteiger partial charge >= 0.3 is 0 Å². The fraction of sp³-hybridized carbons (Fsp3) is 0.364. The molecule has 0 spiro atoms. The van der Waals surface area contributed by atoms with Crippen molar-refractivity contribution in [1.82, 2.24) is 0 Å². The van der Waals surface area contributed by atoms with Crippen LogP contribution in [0, 0.1) is 5.92 Å². The number of fused-ring (bicyclic) bond motifs is 1. The van der Waals surface area contributed by atoms with Gasteiger partial charge in [0.25, 0.3) is 5.91 Å². The molecule has 1 saturated carbocycles. The molecule has 2 amide bonds. The SMILES string of the molecule is COc1ccc(C(=O)Nc2ccc3c(c2)N(C(=O)C2CCCC2)CC3)cc1. The van der Waals surface area contributed by atoms with Gasteiger partial charge in [0.2, 0.25) is 5.91 Å². The Labute approximate surface area is 159 Å². The molecule has 2 aliphatic rings. The molecule has 1 N–H and O–H groups in total. The molecule has 1 aliphatic heterocycles. The maximum absolute atomic E-state index is 12.9. The van der Waals surface area contributed by atoms with E-state index in [-0.39, 0.29) is 17.7 Å². The average Bonchev–Trinajstić information content (AvgIpc) is 3.37. The van der Waals surface area contributed by atoms with Gasteiger partial charge in [-0.05, 0) is 61.2 Å². The molecule has 1 fully saturated rings. The third-order valence-electron chi connectivity index (χ3n) is 5.56. The van der Waals surface area contributed by atoms with E-state index >= 15 is 0 Å². The molecular formula is C22H24N2O3. The first-order chi connectivity index (χ1) is 13.2. The highest BCUT2D eigenvalue weighted by atomic mass is 16.5. The number of hydrogen-bond acceptors (Lipinski definition) is 3. The van der Waals surface area contributed by atoms with E-state index in [4.69, 9.17) is 4.74 Å². The largest absolute Gasteiger partial charge is 0.497 e. The summed E-state index contributed by atoms with van der Waals surface area (Å²) in [5.41, 5.74) is 3.39. The molecule has 0 radical (unpaired) electrons. The molecule has 5 nitrogen and oxygen atoms in total. The molecular weight excluding hydrogens is 340 g/mol. The first-order valence-corrected chi connectivity index (χ1v) is 9.55. The van der Waals surface area contributed by atoms with Gasteiger partial charge in [-0.25, -0.2) is 0 Å². The Hall–Kier alpha value is -2.82. The highest BCUT2D eigenvalue weighted by molar-refractivity contribution is 6.05. The van der Waals surface area contributed by atoms with Crippen molar-refractivity contribution in [3.05, 3.63) is 53.6 Å². The number of carbonyl (C=O) groups is 2. The van der Waals surface area contributed by atoms with Gasteiger partial charge in [-0.3, -0.25) is 9.59 Å². The van der Waals surface area contributed by atoms with Crippen LogP contribution in [0.2, 0.25) is 0 Å². The molecule has 0 aromatic heterocycles.